The zero-order valence-corrected chi connectivity index (χ0v) is 18.8. The van der Waals surface area contributed by atoms with E-state index in [4.69, 9.17) is 18.9 Å². The lowest BCUT2D eigenvalue weighted by atomic mass is 10.0. The predicted molar refractivity (Wildman–Crippen MR) is 128 cm³/mol. The molecule has 5 nitrogen and oxygen atoms in total. The van der Waals surface area contributed by atoms with Crippen molar-refractivity contribution < 1.29 is 18.9 Å². The van der Waals surface area contributed by atoms with Crippen molar-refractivity contribution in [1.29, 1.82) is 0 Å². The zero-order chi connectivity index (χ0) is 22.3. The van der Waals surface area contributed by atoms with Gasteiger partial charge in [-0.05, 0) is 41.5 Å². The van der Waals surface area contributed by atoms with E-state index in [1.807, 2.05) is 36.4 Å². The number of ether oxygens (including phenoxy) is 4. The van der Waals surface area contributed by atoms with Gasteiger partial charge in [-0.1, -0.05) is 42.5 Å². The number of methoxy groups -OCH3 is 3. The average molecular weight is 432 g/mol. The molecular formula is C27H29NO4. The molecule has 3 aromatic rings. The van der Waals surface area contributed by atoms with E-state index in [9.17, 15) is 0 Å². The molecule has 4 rings (SSSR count). The van der Waals surface area contributed by atoms with Crippen LogP contribution in [-0.4, -0.2) is 45.9 Å². The minimum absolute atomic E-state index is 0.619. The first kappa shape index (κ1) is 21.8. The number of para-hydroxylation sites is 1. The Labute approximate surface area is 189 Å². The van der Waals surface area contributed by atoms with E-state index >= 15 is 0 Å². The fourth-order valence-corrected chi connectivity index (χ4v) is 3.94. The van der Waals surface area contributed by atoms with Crippen LogP contribution < -0.4 is 18.9 Å². The van der Waals surface area contributed by atoms with Crippen molar-refractivity contribution in [2.45, 2.75) is 6.54 Å². The van der Waals surface area contributed by atoms with E-state index in [2.05, 4.69) is 41.3 Å². The van der Waals surface area contributed by atoms with Crippen molar-refractivity contribution in [2.75, 3.05) is 41.0 Å². The molecule has 0 aromatic heterocycles. The number of nitrogens with zero attached hydrogens (tertiary/aromatic N) is 1. The molecule has 0 unspecified atom stereocenters. The number of hydrogen-bond donors (Lipinski definition) is 0. The smallest absolute Gasteiger partial charge is 0.165 e. The molecule has 1 aliphatic rings. The number of fused-ring (bicyclic) bond motifs is 1. The summed E-state index contributed by atoms with van der Waals surface area (Å²) in [4.78, 5) is 2.37. The summed E-state index contributed by atoms with van der Waals surface area (Å²) in [6.45, 7) is 3.07. The Morgan fingerprint density at radius 3 is 2.44 bits per heavy atom. The van der Waals surface area contributed by atoms with Crippen molar-refractivity contribution in [3.05, 3.63) is 77.9 Å². The Hall–Kier alpha value is -3.44. The zero-order valence-electron chi connectivity index (χ0n) is 18.8. The number of hydrogen-bond acceptors (Lipinski definition) is 5. The van der Waals surface area contributed by atoms with Gasteiger partial charge in [-0.25, -0.2) is 0 Å². The summed E-state index contributed by atoms with van der Waals surface area (Å²) in [6, 6.07) is 20.3. The second-order valence-electron chi connectivity index (χ2n) is 7.63. The highest BCUT2D eigenvalue weighted by Gasteiger charge is 2.21. The third kappa shape index (κ3) is 4.89. The quantitative estimate of drug-likeness (QED) is 0.509. The van der Waals surface area contributed by atoms with Gasteiger partial charge in [-0.2, -0.15) is 0 Å². The molecule has 5 heteroatoms. The molecule has 1 aliphatic heterocycles. The second kappa shape index (κ2) is 10.2. The van der Waals surface area contributed by atoms with Crippen LogP contribution in [0.1, 0.15) is 11.1 Å². The first-order valence-corrected chi connectivity index (χ1v) is 10.7. The van der Waals surface area contributed by atoms with Gasteiger partial charge < -0.3 is 18.9 Å². The van der Waals surface area contributed by atoms with Crippen LogP contribution in [0.4, 0.5) is 0 Å². The van der Waals surface area contributed by atoms with Crippen LogP contribution in [0.15, 0.2) is 66.7 Å². The van der Waals surface area contributed by atoms with Crippen LogP contribution in [0.25, 0.3) is 17.2 Å². The molecule has 3 aromatic carbocycles. The van der Waals surface area contributed by atoms with E-state index < -0.39 is 0 Å². The Balaban J connectivity index is 1.56. The molecule has 1 heterocycles. The van der Waals surface area contributed by atoms with Gasteiger partial charge in [0.1, 0.15) is 18.1 Å². The molecule has 0 radical (unpaired) electrons. The number of benzene rings is 3. The molecule has 0 spiro atoms. The van der Waals surface area contributed by atoms with Crippen LogP contribution in [0, 0.1) is 0 Å². The lowest BCUT2D eigenvalue weighted by Crippen LogP contribution is -2.25. The summed E-state index contributed by atoms with van der Waals surface area (Å²) in [7, 11) is 5.06. The second-order valence-corrected chi connectivity index (χ2v) is 7.63. The maximum absolute atomic E-state index is 6.10. The highest BCUT2D eigenvalue weighted by atomic mass is 16.5. The van der Waals surface area contributed by atoms with Gasteiger partial charge in [0, 0.05) is 30.8 Å². The van der Waals surface area contributed by atoms with Gasteiger partial charge in [0.15, 0.2) is 11.5 Å². The standard InChI is InChI=1S/C27H29NO4/c1-29-23-12-10-20(11-13-23)7-6-14-28-15-16-32-27-22(19-28)17-21(18-26(27)31-3)24-8-4-5-9-25(24)30-2/h4-13,17-18H,14-16,19H2,1-3H3. The van der Waals surface area contributed by atoms with Crippen LogP contribution in [0.5, 0.6) is 23.0 Å². The molecule has 0 bridgehead atoms. The molecule has 0 fully saturated rings. The highest BCUT2D eigenvalue weighted by molar-refractivity contribution is 5.74. The molecule has 0 saturated carbocycles. The summed E-state index contributed by atoms with van der Waals surface area (Å²) in [5, 5.41) is 0. The first-order chi connectivity index (χ1) is 15.7. The SMILES string of the molecule is COc1ccc(C=CCN2CCOc3c(cc(-c4ccccc4OC)cc3OC)C2)cc1. The van der Waals surface area contributed by atoms with E-state index in [0.29, 0.717) is 6.61 Å². The molecule has 0 N–H and O–H groups in total. The molecule has 32 heavy (non-hydrogen) atoms. The largest absolute Gasteiger partial charge is 0.497 e. The summed E-state index contributed by atoms with van der Waals surface area (Å²) in [6.07, 6.45) is 4.33. The lowest BCUT2D eigenvalue weighted by molar-refractivity contribution is 0.238. The summed E-state index contributed by atoms with van der Waals surface area (Å²) in [5.41, 5.74) is 4.35. The Morgan fingerprint density at radius 2 is 1.69 bits per heavy atom. The van der Waals surface area contributed by atoms with Gasteiger partial charge in [0.2, 0.25) is 0 Å². The Kier molecular flexibility index (Phi) is 6.97. The summed E-state index contributed by atoms with van der Waals surface area (Å²) >= 11 is 0. The predicted octanol–water partition coefficient (Wildman–Crippen LogP) is 5.29. The van der Waals surface area contributed by atoms with Crippen LogP contribution >= 0.6 is 0 Å². The summed E-state index contributed by atoms with van der Waals surface area (Å²) in [5.74, 6) is 3.28. The number of rotatable bonds is 7. The Morgan fingerprint density at radius 1 is 0.906 bits per heavy atom. The minimum atomic E-state index is 0.619. The van der Waals surface area contributed by atoms with Crippen molar-refractivity contribution in [1.82, 2.24) is 4.90 Å². The maximum atomic E-state index is 6.10. The molecule has 0 aliphatic carbocycles. The van der Waals surface area contributed by atoms with E-state index in [1.54, 1.807) is 21.3 Å². The molecular weight excluding hydrogens is 402 g/mol. The molecule has 0 amide bonds. The molecule has 166 valence electrons. The average Bonchev–Trinajstić information content (AvgIpc) is 3.05. The van der Waals surface area contributed by atoms with Gasteiger partial charge in [-0.3, -0.25) is 4.90 Å². The third-order valence-electron chi connectivity index (χ3n) is 5.61. The van der Waals surface area contributed by atoms with Crippen LogP contribution in [0.3, 0.4) is 0 Å². The van der Waals surface area contributed by atoms with Crippen molar-refractivity contribution in [2.24, 2.45) is 0 Å². The van der Waals surface area contributed by atoms with Gasteiger partial charge in [0.25, 0.3) is 0 Å². The first-order valence-electron chi connectivity index (χ1n) is 10.7. The fraction of sp³-hybridized carbons (Fsp3) is 0.259. The van der Waals surface area contributed by atoms with Crippen molar-refractivity contribution >= 4 is 6.08 Å². The molecule has 0 atom stereocenters. The highest BCUT2D eigenvalue weighted by Crippen LogP contribution is 2.40. The normalized spacial score (nSPS) is 13.8. The van der Waals surface area contributed by atoms with Crippen molar-refractivity contribution in [3.63, 3.8) is 0 Å². The van der Waals surface area contributed by atoms with Crippen LogP contribution in [0.2, 0.25) is 0 Å². The van der Waals surface area contributed by atoms with Gasteiger partial charge >= 0.3 is 0 Å². The third-order valence-corrected chi connectivity index (χ3v) is 5.61. The topological polar surface area (TPSA) is 40.2 Å². The Bertz CT molecular complexity index is 1080. The summed E-state index contributed by atoms with van der Waals surface area (Å²) < 4.78 is 22.6. The van der Waals surface area contributed by atoms with E-state index in [-0.39, 0.29) is 0 Å². The van der Waals surface area contributed by atoms with E-state index in [0.717, 1.165) is 64.9 Å². The van der Waals surface area contributed by atoms with Gasteiger partial charge in [0.05, 0.1) is 21.3 Å². The van der Waals surface area contributed by atoms with Crippen LogP contribution in [-0.2, 0) is 6.54 Å². The van der Waals surface area contributed by atoms with Gasteiger partial charge in [-0.15, -0.1) is 0 Å². The monoisotopic (exact) mass is 431 g/mol. The molecule has 0 saturated heterocycles. The lowest BCUT2D eigenvalue weighted by Gasteiger charge is -2.18. The maximum Gasteiger partial charge on any atom is 0.165 e. The fourth-order valence-electron chi connectivity index (χ4n) is 3.94. The van der Waals surface area contributed by atoms with Crippen molar-refractivity contribution in [3.8, 4) is 34.1 Å². The minimum Gasteiger partial charge on any atom is -0.497 e. The van der Waals surface area contributed by atoms with E-state index in [1.165, 1.54) is 0 Å².